The van der Waals surface area contributed by atoms with Crippen LogP contribution in [-0.4, -0.2) is 32.9 Å². The largest absolute Gasteiger partial charge is 0.391 e. The van der Waals surface area contributed by atoms with Crippen molar-refractivity contribution < 1.29 is 9.50 Å². The first-order chi connectivity index (χ1) is 11.3. The highest BCUT2D eigenvalue weighted by molar-refractivity contribution is 5.16. The van der Waals surface area contributed by atoms with Gasteiger partial charge in [-0.05, 0) is 45.1 Å². The smallest absolute Gasteiger partial charge is 0.109 e. The SMILES string of the molecule is CC(C)(F)CC[C@H](C[C@H](O)[C@@H](N)Cc1ccccc1)c1ncc[nH]1. The van der Waals surface area contributed by atoms with Gasteiger partial charge in [0, 0.05) is 24.4 Å². The van der Waals surface area contributed by atoms with E-state index in [1.54, 1.807) is 26.2 Å². The number of aromatic amines is 1. The van der Waals surface area contributed by atoms with Crippen LogP contribution in [0.3, 0.4) is 0 Å². The van der Waals surface area contributed by atoms with Crippen molar-refractivity contribution in [2.45, 2.75) is 63.3 Å². The highest BCUT2D eigenvalue weighted by Gasteiger charge is 2.26. The Morgan fingerprint density at radius 1 is 1.29 bits per heavy atom. The van der Waals surface area contributed by atoms with Crippen LogP contribution >= 0.6 is 0 Å². The van der Waals surface area contributed by atoms with Gasteiger partial charge in [-0.15, -0.1) is 0 Å². The van der Waals surface area contributed by atoms with Crippen LogP contribution in [0.25, 0.3) is 0 Å². The van der Waals surface area contributed by atoms with Gasteiger partial charge in [0.1, 0.15) is 11.5 Å². The van der Waals surface area contributed by atoms with Crippen LogP contribution < -0.4 is 5.73 Å². The number of alkyl halides is 1. The van der Waals surface area contributed by atoms with Crippen LogP contribution in [-0.2, 0) is 6.42 Å². The van der Waals surface area contributed by atoms with Crippen molar-refractivity contribution in [2.75, 3.05) is 0 Å². The molecule has 0 unspecified atom stereocenters. The third-order valence-electron chi connectivity index (χ3n) is 4.33. The van der Waals surface area contributed by atoms with Crippen LogP contribution in [0.4, 0.5) is 4.39 Å². The number of nitrogens with one attached hydrogen (secondary N) is 1. The van der Waals surface area contributed by atoms with Gasteiger partial charge < -0.3 is 15.8 Å². The Balaban J connectivity index is 1.97. The molecule has 4 N–H and O–H groups in total. The molecule has 0 spiro atoms. The molecular formula is C19H28FN3O. The van der Waals surface area contributed by atoms with Gasteiger partial charge in [0.15, 0.2) is 0 Å². The summed E-state index contributed by atoms with van der Waals surface area (Å²) in [6.07, 6.45) is 4.88. The topological polar surface area (TPSA) is 74.9 Å². The Bertz CT molecular complexity index is 580. The molecule has 4 nitrogen and oxygen atoms in total. The molecule has 132 valence electrons. The lowest BCUT2D eigenvalue weighted by Gasteiger charge is -2.25. The number of halogens is 1. The van der Waals surface area contributed by atoms with Crippen molar-refractivity contribution in [3.8, 4) is 0 Å². The van der Waals surface area contributed by atoms with Crippen molar-refractivity contribution >= 4 is 0 Å². The van der Waals surface area contributed by atoms with Gasteiger partial charge in [-0.25, -0.2) is 9.37 Å². The summed E-state index contributed by atoms with van der Waals surface area (Å²) in [6, 6.07) is 9.53. The summed E-state index contributed by atoms with van der Waals surface area (Å²) in [5.74, 6) is 0.747. The number of hydrogen-bond donors (Lipinski definition) is 3. The van der Waals surface area contributed by atoms with E-state index in [0.29, 0.717) is 25.7 Å². The Labute approximate surface area is 143 Å². The van der Waals surface area contributed by atoms with Gasteiger partial charge >= 0.3 is 0 Å². The number of aliphatic hydroxyl groups is 1. The molecule has 1 heterocycles. The monoisotopic (exact) mass is 333 g/mol. The molecule has 1 aromatic carbocycles. The number of H-pyrrole nitrogens is 1. The second-order valence-corrected chi connectivity index (χ2v) is 7.09. The summed E-state index contributed by atoms with van der Waals surface area (Å²) in [5, 5.41) is 10.5. The molecule has 0 bridgehead atoms. The van der Waals surface area contributed by atoms with Crippen molar-refractivity contribution in [3.63, 3.8) is 0 Å². The quantitative estimate of drug-likeness (QED) is 0.659. The fraction of sp³-hybridized carbons (Fsp3) is 0.526. The van der Waals surface area contributed by atoms with Crippen molar-refractivity contribution in [3.05, 3.63) is 54.1 Å². The van der Waals surface area contributed by atoms with E-state index in [1.165, 1.54) is 0 Å². The summed E-state index contributed by atoms with van der Waals surface area (Å²) in [6.45, 7) is 3.15. The molecule has 0 saturated carbocycles. The standard InChI is InChI=1S/C19H28FN3O/c1-19(2,20)9-8-15(18-22-10-11-23-18)13-17(24)16(21)12-14-6-4-3-5-7-14/h3-7,10-11,15-17,24H,8-9,12-13,21H2,1-2H3,(H,22,23)/t15-,16+,17+/m1/s1. The fourth-order valence-corrected chi connectivity index (χ4v) is 2.87. The van der Waals surface area contributed by atoms with Crippen LogP contribution in [0, 0.1) is 0 Å². The Kier molecular flexibility index (Phi) is 6.52. The zero-order valence-corrected chi connectivity index (χ0v) is 14.5. The Morgan fingerprint density at radius 2 is 2.00 bits per heavy atom. The molecule has 0 aliphatic rings. The van der Waals surface area contributed by atoms with E-state index in [4.69, 9.17) is 5.73 Å². The molecule has 0 amide bonds. The highest BCUT2D eigenvalue weighted by Crippen LogP contribution is 2.29. The number of nitrogens with zero attached hydrogens (tertiary/aromatic N) is 1. The van der Waals surface area contributed by atoms with Crippen LogP contribution in [0.15, 0.2) is 42.7 Å². The van der Waals surface area contributed by atoms with Gasteiger partial charge in [-0.2, -0.15) is 0 Å². The lowest BCUT2D eigenvalue weighted by Crippen LogP contribution is -2.37. The number of imidazole rings is 1. The maximum Gasteiger partial charge on any atom is 0.109 e. The van der Waals surface area contributed by atoms with Crippen molar-refractivity contribution in [1.82, 2.24) is 9.97 Å². The highest BCUT2D eigenvalue weighted by atomic mass is 19.1. The van der Waals surface area contributed by atoms with Crippen molar-refractivity contribution in [2.24, 2.45) is 5.73 Å². The number of benzene rings is 1. The number of aromatic nitrogens is 2. The molecular weight excluding hydrogens is 305 g/mol. The second kappa shape index (κ2) is 8.40. The Morgan fingerprint density at radius 3 is 2.58 bits per heavy atom. The predicted octanol–water partition coefficient (Wildman–Crippen LogP) is 3.34. The van der Waals surface area contributed by atoms with Gasteiger partial charge in [-0.1, -0.05) is 30.3 Å². The zero-order chi connectivity index (χ0) is 17.6. The van der Waals surface area contributed by atoms with Gasteiger partial charge in [0.2, 0.25) is 0 Å². The first-order valence-corrected chi connectivity index (χ1v) is 8.51. The summed E-state index contributed by atoms with van der Waals surface area (Å²) in [5.41, 5.74) is 6.04. The lowest BCUT2D eigenvalue weighted by atomic mass is 9.88. The molecule has 2 rings (SSSR count). The third kappa shape index (κ3) is 6.06. The second-order valence-electron chi connectivity index (χ2n) is 7.09. The molecule has 0 aliphatic carbocycles. The van der Waals surface area contributed by atoms with Gasteiger partial charge in [-0.3, -0.25) is 0 Å². The lowest BCUT2D eigenvalue weighted by molar-refractivity contribution is 0.117. The first kappa shape index (κ1) is 18.6. The molecule has 5 heteroatoms. The summed E-state index contributed by atoms with van der Waals surface area (Å²) in [7, 11) is 0. The average molecular weight is 333 g/mol. The van der Waals surface area contributed by atoms with Crippen LogP contribution in [0.2, 0.25) is 0 Å². The molecule has 0 fully saturated rings. The predicted molar refractivity (Wildman–Crippen MR) is 94.5 cm³/mol. The van der Waals surface area contributed by atoms with E-state index in [0.717, 1.165) is 11.4 Å². The molecule has 1 aromatic heterocycles. The number of hydrogen-bond acceptors (Lipinski definition) is 3. The maximum absolute atomic E-state index is 13.9. The molecule has 2 aromatic rings. The molecule has 0 aliphatic heterocycles. The number of aliphatic hydroxyl groups excluding tert-OH is 1. The maximum atomic E-state index is 13.9. The van der Waals surface area contributed by atoms with E-state index in [-0.39, 0.29) is 12.0 Å². The van der Waals surface area contributed by atoms with Crippen molar-refractivity contribution in [1.29, 1.82) is 0 Å². The minimum atomic E-state index is -1.23. The molecule has 0 radical (unpaired) electrons. The van der Waals surface area contributed by atoms with E-state index in [1.807, 2.05) is 30.3 Å². The summed E-state index contributed by atoms with van der Waals surface area (Å²) in [4.78, 5) is 7.37. The molecule has 0 saturated heterocycles. The van der Waals surface area contributed by atoms with E-state index in [2.05, 4.69) is 9.97 Å². The normalized spacial score (nSPS) is 15.9. The molecule has 24 heavy (non-hydrogen) atoms. The van der Waals surface area contributed by atoms with Gasteiger partial charge in [0.05, 0.1) is 6.10 Å². The van der Waals surface area contributed by atoms with Crippen LogP contribution in [0.1, 0.15) is 50.4 Å². The number of nitrogens with two attached hydrogens (primary N) is 1. The molecule has 3 atom stereocenters. The first-order valence-electron chi connectivity index (χ1n) is 8.51. The van der Waals surface area contributed by atoms with E-state index >= 15 is 0 Å². The Hall–Kier alpha value is -1.72. The minimum Gasteiger partial charge on any atom is -0.391 e. The minimum absolute atomic E-state index is 0.0353. The van der Waals surface area contributed by atoms with Crippen LogP contribution in [0.5, 0.6) is 0 Å². The fourth-order valence-electron chi connectivity index (χ4n) is 2.87. The van der Waals surface area contributed by atoms with E-state index in [9.17, 15) is 9.50 Å². The number of rotatable bonds is 9. The third-order valence-corrected chi connectivity index (χ3v) is 4.33. The summed E-state index contributed by atoms with van der Waals surface area (Å²) < 4.78 is 13.9. The van der Waals surface area contributed by atoms with Gasteiger partial charge in [0.25, 0.3) is 0 Å². The van der Waals surface area contributed by atoms with E-state index < -0.39 is 11.8 Å². The zero-order valence-electron chi connectivity index (χ0n) is 14.5. The average Bonchev–Trinajstić information content (AvgIpc) is 3.05. The summed E-state index contributed by atoms with van der Waals surface area (Å²) >= 11 is 0.